The summed E-state index contributed by atoms with van der Waals surface area (Å²) >= 11 is 0. The van der Waals surface area contributed by atoms with E-state index in [2.05, 4.69) is 36.4 Å². The third kappa shape index (κ3) is 2.51. The maximum absolute atomic E-state index is 5.74. The molecule has 1 atom stereocenters. The normalized spacial score (nSPS) is 19.5. The lowest BCUT2D eigenvalue weighted by atomic mass is 10.0. The molecule has 1 N–H and O–H groups in total. The van der Waals surface area contributed by atoms with Gasteiger partial charge in [-0.15, -0.1) is 0 Å². The molecule has 0 amide bonds. The number of aryl methyl sites for hydroxylation is 2. The summed E-state index contributed by atoms with van der Waals surface area (Å²) in [5, 5.41) is 7.42. The molecule has 1 unspecified atom stereocenters. The summed E-state index contributed by atoms with van der Waals surface area (Å²) in [6, 6.07) is 0.217. The number of morpholine rings is 1. The molecule has 0 radical (unpaired) electrons. The SMILES string of the molecule is Cc1n[nH]c(C)c1C1COCCN1Cc1cnc2cnccn12. The molecule has 0 bridgehead atoms. The van der Waals surface area contributed by atoms with Gasteiger partial charge in [0.25, 0.3) is 0 Å². The monoisotopic (exact) mass is 312 g/mol. The summed E-state index contributed by atoms with van der Waals surface area (Å²) in [5.41, 5.74) is 5.45. The van der Waals surface area contributed by atoms with Crippen LogP contribution in [0.3, 0.4) is 0 Å². The van der Waals surface area contributed by atoms with Gasteiger partial charge in [0, 0.05) is 36.7 Å². The van der Waals surface area contributed by atoms with Gasteiger partial charge in [-0.1, -0.05) is 0 Å². The van der Waals surface area contributed by atoms with Crippen molar-refractivity contribution < 1.29 is 4.74 Å². The number of nitrogens with one attached hydrogen (secondary N) is 1. The molecule has 0 aliphatic carbocycles. The number of rotatable bonds is 3. The van der Waals surface area contributed by atoms with Gasteiger partial charge >= 0.3 is 0 Å². The number of fused-ring (bicyclic) bond motifs is 1. The fourth-order valence-electron chi connectivity index (χ4n) is 3.36. The van der Waals surface area contributed by atoms with Crippen LogP contribution in [0.15, 0.2) is 24.8 Å². The van der Waals surface area contributed by atoms with E-state index >= 15 is 0 Å². The van der Waals surface area contributed by atoms with E-state index < -0.39 is 0 Å². The molecule has 7 heteroatoms. The third-order valence-electron chi connectivity index (χ3n) is 4.52. The van der Waals surface area contributed by atoms with Crippen LogP contribution < -0.4 is 0 Å². The fourth-order valence-corrected chi connectivity index (χ4v) is 3.36. The van der Waals surface area contributed by atoms with Crippen molar-refractivity contribution in [3.63, 3.8) is 0 Å². The summed E-state index contributed by atoms with van der Waals surface area (Å²) < 4.78 is 7.83. The number of H-pyrrole nitrogens is 1. The standard InChI is InChI=1S/C16H20N6O/c1-11-16(12(2)20-19-11)14-10-23-6-5-21(14)9-13-7-18-15-8-17-3-4-22(13)15/h3-4,7-8,14H,5-6,9-10H2,1-2H3,(H,19,20). The van der Waals surface area contributed by atoms with E-state index in [0.717, 1.165) is 42.4 Å². The number of aromatic amines is 1. The van der Waals surface area contributed by atoms with Crippen LogP contribution in [-0.2, 0) is 11.3 Å². The van der Waals surface area contributed by atoms with E-state index in [1.165, 1.54) is 5.56 Å². The van der Waals surface area contributed by atoms with Crippen molar-refractivity contribution in [3.8, 4) is 0 Å². The molecular formula is C16H20N6O. The highest BCUT2D eigenvalue weighted by Crippen LogP contribution is 2.29. The molecule has 3 aromatic rings. The van der Waals surface area contributed by atoms with Crippen molar-refractivity contribution in [2.75, 3.05) is 19.8 Å². The molecule has 1 fully saturated rings. The highest BCUT2D eigenvalue weighted by molar-refractivity contribution is 5.37. The summed E-state index contributed by atoms with van der Waals surface area (Å²) in [5.74, 6) is 0. The smallest absolute Gasteiger partial charge is 0.155 e. The zero-order chi connectivity index (χ0) is 15.8. The lowest BCUT2D eigenvalue weighted by Crippen LogP contribution is -2.39. The van der Waals surface area contributed by atoms with Crippen molar-refractivity contribution in [1.29, 1.82) is 0 Å². The van der Waals surface area contributed by atoms with Crippen molar-refractivity contribution in [2.24, 2.45) is 0 Å². The number of nitrogens with zero attached hydrogens (tertiary/aromatic N) is 5. The average molecular weight is 312 g/mol. The highest BCUT2D eigenvalue weighted by Gasteiger charge is 2.29. The van der Waals surface area contributed by atoms with Crippen LogP contribution in [-0.4, -0.2) is 49.2 Å². The van der Waals surface area contributed by atoms with Crippen LogP contribution in [0.1, 0.15) is 28.7 Å². The Morgan fingerprint density at radius 1 is 1.35 bits per heavy atom. The van der Waals surface area contributed by atoms with Crippen LogP contribution in [0.25, 0.3) is 5.65 Å². The van der Waals surface area contributed by atoms with Crippen LogP contribution in [0.4, 0.5) is 0 Å². The Morgan fingerprint density at radius 2 is 2.26 bits per heavy atom. The Balaban J connectivity index is 1.66. The molecule has 0 spiro atoms. The molecule has 120 valence electrons. The average Bonchev–Trinajstić information content (AvgIpc) is 3.12. The molecule has 23 heavy (non-hydrogen) atoms. The quantitative estimate of drug-likeness (QED) is 0.796. The van der Waals surface area contributed by atoms with Gasteiger partial charge in [-0.05, 0) is 13.8 Å². The van der Waals surface area contributed by atoms with E-state index in [1.807, 2.05) is 19.3 Å². The minimum absolute atomic E-state index is 0.217. The number of hydrogen-bond donors (Lipinski definition) is 1. The summed E-state index contributed by atoms with van der Waals surface area (Å²) in [4.78, 5) is 11.0. The summed E-state index contributed by atoms with van der Waals surface area (Å²) in [7, 11) is 0. The molecule has 7 nitrogen and oxygen atoms in total. The largest absolute Gasteiger partial charge is 0.378 e. The molecule has 4 rings (SSSR count). The molecular weight excluding hydrogens is 292 g/mol. The first-order valence-corrected chi connectivity index (χ1v) is 7.83. The van der Waals surface area contributed by atoms with E-state index in [1.54, 1.807) is 12.4 Å². The highest BCUT2D eigenvalue weighted by atomic mass is 16.5. The molecule has 0 aromatic carbocycles. The van der Waals surface area contributed by atoms with Crippen molar-refractivity contribution >= 4 is 5.65 Å². The summed E-state index contributed by atoms with van der Waals surface area (Å²) in [6.45, 7) is 7.29. The fraction of sp³-hybridized carbons (Fsp3) is 0.438. The lowest BCUT2D eigenvalue weighted by Gasteiger charge is -2.35. The van der Waals surface area contributed by atoms with Gasteiger partial charge in [-0.25, -0.2) is 4.98 Å². The van der Waals surface area contributed by atoms with Crippen LogP contribution in [0.5, 0.6) is 0 Å². The topological polar surface area (TPSA) is 71.3 Å². The van der Waals surface area contributed by atoms with Gasteiger partial charge in [0.05, 0.1) is 43.0 Å². The zero-order valence-corrected chi connectivity index (χ0v) is 13.4. The summed E-state index contributed by atoms with van der Waals surface area (Å²) in [6.07, 6.45) is 7.46. The van der Waals surface area contributed by atoms with Gasteiger partial charge in [0.2, 0.25) is 0 Å². The van der Waals surface area contributed by atoms with Crippen LogP contribution >= 0.6 is 0 Å². The second kappa shape index (κ2) is 5.75. The van der Waals surface area contributed by atoms with E-state index in [0.29, 0.717) is 6.61 Å². The second-order valence-electron chi connectivity index (χ2n) is 5.96. The second-order valence-corrected chi connectivity index (χ2v) is 5.96. The van der Waals surface area contributed by atoms with Gasteiger partial charge in [0.15, 0.2) is 5.65 Å². The minimum Gasteiger partial charge on any atom is -0.378 e. The van der Waals surface area contributed by atoms with Crippen LogP contribution in [0.2, 0.25) is 0 Å². The molecule has 1 aliphatic rings. The Bertz CT molecular complexity index is 803. The number of ether oxygens (including phenoxy) is 1. The number of imidazole rings is 1. The Labute approximate surface area is 134 Å². The maximum Gasteiger partial charge on any atom is 0.155 e. The minimum atomic E-state index is 0.217. The first kappa shape index (κ1) is 14.3. The van der Waals surface area contributed by atoms with E-state index in [4.69, 9.17) is 4.74 Å². The molecule has 3 aromatic heterocycles. The van der Waals surface area contributed by atoms with Gasteiger partial charge in [0.1, 0.15) is 0 Å². The Morgan fingerprint density at radius 3 is 3.09 bits per heavy atom. The first-order chi connectivity index (χ1) is 11.2. The van der Waals surface area contributed by atoms with E-state index in [-0.39, 0.29) is 6.04 Å². The van der Waals surface area contributed by atoms with E-state index in [9.17, 15) is 0 Å². The predicted octanol–water partition coefficient (Wildman–Crippen LogP) is 1.64. The number of hydrogen-bond acceptors (Lipinski definition) is 5. The molecule has 0 saturated carbocycles. The van der Waals surface area contributed by atoms with Gasteiger partial charge in [-0.2, -0.15) is 5.10 Å². The number of aromatic nitrogens is 5. The van der Waals surface area contributed by atoms with Crippen LogP contribution in [0, 0.1) is 13.8 Å². The zero-order valence-electron chi connectivity index (χ0n) is 13.4. The molecule has 4 heterocycles. The van der Waals surface area contributed by atoms with Gasteiger partial charge < -0.3 is 4.74 Å². The predicted molar refractivity (Wildman–Crippen MR) is 85.0 cm³/mol. The Hall–Kier alpha value is -2.25. The maximum atomic E-state index is 5.74. The molecule has 1 saturated heterocycles. The van der Waals surface area contributed by atoms with Crippen molar-refractivity contribution in [2.45, 2.75) is 26.4 Å². The first-order valence-electron chi connectivity index (χ1n) is 7.83. The lowest BCUT2D eigenvalue weighted by molar-refractivity contribution is -0.0138. The van der Waals surface area contributed by atoms with Crippen molar-refractivity contribution in [1.82, 2.24) is 29.5 Å². The van der Waals surface area contributed by atoms with Crippen molar-refractivity contribution in [3.05, 3.63) is 47.4 Å². The van der Waals surface area contributed by atoms with Gasteiger partial charge in [-0.3, -0.25) is 19.4 Å². The Kier molecular flexibility index (Phi) is 3.59. The molecule has 1 aliphatic heterocycles. The third-order valence-corrected chi connectivity index (χ3v) is 4.52.